The first-order valence-electron chi connectivity index (χ1n) is 9.03. The molecule has 0 spiro atoms. The van der Waals surface area contributed by atoms with E-state index in [9.17, 15) is 14.4 Å². The summed E-state index contributed by atoms with van der Waals surface area (Å²) in [6, 6.07) is 7.93. The van der Waals surface area contributed by atoms with Crippen molar-refractivity contribution in [2.24, 2.45) is 5.73 Å². The standard InChI is InChI=1S/C19H27N3O4/c1-2-15(21-17(25)14(20)12-16(23)24)18(26)22-19(10-6-7-11-19)13-8-4-3-5-9-13/h3-5,8-9,14-15H,2,6-7,10-12,20H2,1H3,(H,21,25)(H,22,26)(H,23,24)/t14-,15?/m0/s1. The zero-order chi connectivity index (χ0) is 19.2. The van der Waals surface area contributed by atoms with Crippen molar-refractivity contribution in [3.8, 4) is 0 Å². The molecule has 1 saturated carbocycles. The number of carboxylic acid groups (broad SMARTS) is 1. The van der Waals surface area contributed by atoms with Crippen molar-refractivity contribution in [2.75, 3.05) is 0 Å². The van der Waals surface area contributed by atoms with Crippen molar-refractivity contribution in [3.63, 3.8) is 0 Å². The summed E-state index contributed by atoms with van der Waals surface area (Å²) < 4.78 is 0. The van der Waals surface area contributed by atoms with Crippen molar-refractivity contribution >= 4 is 17.8 Å². The predicted octanol–water partition coefficient (Wildman–Crippen LogP) is 1.27. The number of rotatable bonds is 8. The molecule has 1 fully saturated rings. The molecule has 1 aliphatic carbocycles. The monoisotopic (exact) mass is 361 g/mol. The average Bonchev–Trinajstić information content (AvgIpc) is 3.09. The number of carboxylic acids is 1. The number of benzene rings is 1. The van der Waals surface area contributed by atoms with Gasteiger partial charge in [-0.2, -0.15) is 0 Å². The Kier molecular flexibility index (Phi) is 6.74. The summed E-state index contributed by atoms with van der Waals surface area (Å²) in [7, 11) is 0. The molecule has 1 unspecified atom stereocenters. The van der Waals surface area contributed by atoms with E-state index in [0.717, 1.165) is 31.2 Å². The van der Waals surface area contributed by atoms with Gasteiger partial charge in [-0.05, 0) is 24.8 Å². The van der Waals surface area contributed by atoms with Gasteiger partial charge >= 0.3 is 5.97 Å². The van der Waals surface area contributed by atoms with Gasteiger partial charge in [0.1, 0.15) is 6.04 Å². The lowest BCUT2D eigenvalue weighted by atomic mass is 9.87. The number of nitrogens with one attached hydrogen (secondary N) is 2. The van der Waals surface area contributed by atoms with Crippen LogP contribution < -0.4 is 16.4 Å². The Labute approximate surface area is 153 Å². The molecule has 0 heterocycles. The molecule has 7 heteroatoms. The molecule has 0 bridgehead atoms. The Morgan fingerprint density at radius 1 is 1.15 bits per heavy atom. The van der Waals surface area contributed by atoms with Crippen molar-refractivity contribution < 1.29 is 19.5 Å². The summed E-state index contributed by atoms with van der Waals surface area (Å²) >= 11 is 0. The first kappa shape index (κ1) is 19.9. The maximum absolute atomic E-state index is 12.8. The zero-order valence-electron chi connectivity index (χ0n) is 15.0. The topological polar surface area (TPSA) is 122 Å². The smallest absolute Gasteiger partial charge is 0.305 e. The van der Waals surface area contributed by atoms with E-state index in [2.05, 4.69) is 10.6 Å². The maximum atomic E-state index is 12.8. The van der Waals surface area contributed by atoms with E-state index in [1.807, 2.05) is 30.3 Å². The summed E-state index contributed by atoms with van der Waals surface area (Å²) in [6.45, 7) is 1.79. The molecule has 0 aliphatic heterocycles. The van der Waals surface area contributed by atoms with Gasteiger partial charge in [-0.15, -0.1) is 0 Å². The minimum atomic E-state index is -1.18. The molecule has 5 N–H and O–H groups in total. The van der Waals surface area contributed by atoms with Crippen LogP contribution in [-0.4, -0.2) is 35.0 Å². The Hall–Kier alpha value is -2.41. The van der Waals surface area contributed by atoms with Crippen LogP contribution in [-0.2, 0) is 19.9 Å². The molecule has 2 rings (SSSR count). The van der Waals surface area contributed by atoms with Crippen LogP contribution in [0.3, 0.4) is 0 Å². The van der Waals surface area contributed by atoms with Crippen LogP contribution >= 0.6 is 0 Å². The highest BCUT2D eigenvalue weighted by molar-refractivity contribution is 5.91. The maximum Gasteiger partial charge on any atom is 0.305 e. The summed E-state index contributed by atoms with van der Waals surface area (Å²) in [5.74, 6) is -2.05. The van der Waals surface area contributed by atoms with Crippen LogP contribution in [0.1, 0.15) is 51.0 Å². The largest absolute Gasteiger partial charge is 0.481 e. The third-order valence-electron chi connectivity index (χ3n) is 4.92. The number of nitrogens with two attached hydrogens (primary N) is 1. The summed E-state index contributed by atoms with van der Waals surface area (Å²) in [4.78, 5) is 35.6. The van der Waals surface area contributed by atoms with Crippen molar-refractivity contribution in [2.45, 2.75) is 63.1 Å². The fourth-order valence-corrected chi connectivity index (χ4v) is 3.46. The highest BCUT2D eigenvalue weighted by Crippen LogP contribution is 2.38. The molecule has 1 aromatic carbocycles. The summed E-state index contributed by atoms with van der Waals surface area (Å²) in [6.07, 6.45) is 3.68. The zero-order valence-corrected chi connectivity index (χ0v) is 15.0. The van der Waals surface area contributed by atoms with Crippen LogP contribution in [0.15, 0.2) is 30.3 Å². The Balaban J connectivity index is 2.07. The molecule has 0 radical (unpaired) electrons. The van der Waals surface area contributed by atoms with Gasteiger partial charge in [0, 0.05) is 0 Å². The lowest BCUT2D eigenvalue weighted by molar-refractivity contribution is -0.139. The number of hydrogen-bond acceptors (Lipinski definition) is 4. The second-order valence-corrected chi connectivity index (χ2v) is 6.82. The lowest BCUT2D eigenvalue weighted by Gasteiger charge is -2.33. The highest BCUT2D eigenvalue weighted by Gasteiger charge is 2.38. The van der Waals surface area contributed by atoms with Gasteiger partial charge in [0.2, 0.25) is 11.8 Å². The van der Waals surface area contributed by atoms with Crippen LogP contribution in [0.5, 0.6) is 0 Å². The van der Waals surface area contributed by atoms with E-state index < -0.39 is 35.9 Å². The van der Waals surface area contributed by atoms with E-state index in [1.54, 1.807) is 6.92 Å². The second kappa shape index (κ2) is 8.80. The summed E-state index contributed by atoms with van der Waals surface area (Å²) in [5.41, 5.74) is 6.22. The van der Waals surface area contributed by atoms with Crippen LogP contribution in [0, 0.1) is 0 Å². The third-order valence-corrected chi connectivity index (χ3v) is 4.92. The third kappa shape index (κ3) is 4.82. The van der Waals surface area contributed by atoms with E-state index in [4.69, 9.17) is 10.8 Å². The quantitative estimate of drug-likeness (QED) is 0.555. The molecule has 2 atom stereocenters. The first-order chi connectivity index (χ1) is 12.4. The van der Waals surface area contributed by atoms with Crippen molar-refractivity contribution in [1.29, 1.82) is 0 Å². The van der Waals surface area contributed by atoms with E-state index >= 15 is 0 Å². The Bertz CT molecular complexity index is 641. The van der Waals surface area contributed by atoms with E-state index in [-0.39, 0.29) is 5.91 Å². The molecular weight excluding hydrogens is 334 g/mol. The Morgan fingerprint density at radius 3 is 2.31 bits per heavy atom. The number of amides is 2. The fraction of sp³-hybridized carbons (Fsp3) is 0.526. The summed E-state index contributed by atoms with van der Waals surface area (Å²) in [5, 5.41) is 14.5. The molecule has 0 aromatic heterocycles. The van der Waals surface area contributed by atoms with Gasteiger partial charge in [0.05, 0.1) is 18.0 Å². The van der Waals surface area contributed by atoms with Gasteiger partial charge in [-0.1, -0.05) is 50.1 Å². The SMILES string of the molecule is CCC(NC(=O)[C@@H](N)CC(=O)O)C(=O)NC1(c2ccccc2)CCCC1. The number of aliphatic carboxylic acids is 1. The lowest BCUT2D eigenvalue weighted by Crippen LogP contribution is -2.55. The average molecular weight is 361 g/mol. The fourth-order valence-electron chi connectivity index (χ4n) is 3.46. The predicted molar refractivity (Wildman–Crippen MR) is 97.2 cm³/mol. The van der Waals surface area contributed by atoms with Crippen LogP contribution in [0.2, 0.25) is 0 Å². The normalized spacial score (nSPS) is 17.9. The number of carbonyl (C=O) groups excluding carboxylic acids is 2. The van der Waals surface area contributed by atoms with Gasteiger partial charge < -0.3 is 21.5 Å². The van der Waals surface area contributed by atoms with Crippen molar-refractivity contribution in [3.05, 3.63) is 35.9 Å². The van der Waals surface area contributed by atoms with E-state index in [0.29, 0.717) is 6.42 Å². The second-order valence-electron chi connectivity index (χ2n) is 6.82. The molecule has 2 amide bonds. The van der Waals surface area contributed by atoms with Gasteiger partial charge in [-0.3, -0.25) is 14.4 Å². The van der Waals surface area contributed by atoms with E-state index in [1.165, 1.54) is 0 Å². The van der Waals surface area contributed by atoms with Crippen LogP contribution in [0.25, 0.3) is 0 Å². The highest BCUT2D eigenvalue weighted by atomic mass is 16.4. The van der Waals surface area contributed by atoms with Crippen LogP contribution in [0.4, 0.5) is 0 Å². The molecule has 1 aliphatic rings. The number of hydrogen-bond donors (Lipinski definition) is 4. The molecular formula is C19H27N3O4. The molecule has 26 heavy (non-hydrogen) atoms. The van der Waals surface area contributed by atoms with Crippen molar-refractivity contribution in [1.82, 2.24) is 10.6 Å². The molecule has 142 valence electrons. The van der Waals surface area contributed by atoms with Gasteiger partial charge in [0.25, 0.3) is 0 Å². The minimum Gasteiger partial charge on any atom is -0.481 e. The molecule has 7 nitrogen and oxygen atoms in total. The minimum absolute atomic E-state index is 0.269. The number of carbonyl (C=O) groups is 3. The van der Waals surface area contributed by atoms with Gasteiger partial charge in [-0.25, -0.2) is 0 Å². The molecule has 1 aromatic rings. The first-order valence-corrected chi connectivity index (χ1v) is 9.03. The van der Waals surface area contributed by atoms with Gasteiger partial charge in [0.15, 0.2) is 0 Å². The molecule has 0 saturated heterocycles. The Morgan fingerprint density at radius 2 is 1.77 bits per heavy atom.